The Bertz CT molecular complexity index is 579. The fourth-order valence-electron chi connectivity index (χ4n) is 2.49. The SMILES string of the molecule is CC(CO)(Cc1ccc2c(c1)OCCO2)c1cccs1. The van der Waals surface area contributed by atoms with Gasteiger partial charge in [0.25, 0.3) is 0 Å². The van der Waals surface area contributed by atoms with Gasteiger partial charge in [-0.05, 0) is 35.6 Å². The van der Waals surface area contributed by atoms with Gasteiger partial charge in [0.2, 0.25) is 0 Å². The molecule has 1 aliphatic heterocycles. The van der Waals surface area contributed by atoms with Crippen LogP contribution in [-0.2, 0) is 11.8 Å². The Kier molecular flexibility index (Phi) is 3.68. The highest BCUT2D eigenvalue weighted by atomic mass is 32.1. The fourth-order valence-corrected chi connectivity index (χ4v) is 3.37. The smallest absolute Gasteiger partial charge is 0.161 e. The molecule has 0 amide bonds. The molecule has 0 bridgehead atoms. The third-order valence-electron chi connectivity index (χ3n) is 3.67. The van der Waals surface area contributed by atoms with Gasteiger partial charge in [-0.15, -0.1) is 11.3 Å². The molecule has 0 radical (unpaired) electrons. The van der Waals surface area contributed by atoms with Gasteiger partial charge in [0, 0.05) is 10.3 Å². The van der Waals surface area contributed by atoms with Crippen molar-refractivity contribution in [3.8, 4) is 11.5 Å². The van der Waals surface area contributed by atoms with E-state index in [0.29, 0.717) is 13.2 Å². The summed E-state index contributed by atoms with van der Waals surface area (Å²) in [4.78, 5) is 1.20. The van der Waals surface area contributed by atoms with Gasteiger partial charge in [0.05, 0.1) is 6.61 Å². The second kappa shape index (κ2) is 5.46. The molecule has 2 heterocycles. The van der Waals surface area contributed by atoms with Gasteiger partial charge in [0.1, 0.15) is 13.2 Å². The van der Waals surface area contributed by atoms with Gasteiger partial charge in [0.15, 0.2) is 11.5 Å². The Morgan fingerprint density at radius 1 is 1.20 bits per heavy atom. The van der Waals surface area contributed by atoms with Crippen LogP contribution in [0.4, 0.5) is 0 Å². The van der Waals surface area contributed by atoms with E-state index in [9.17, 15) is 5.11 Å². The number of hydrogen-bond acceptors (Lipinski definition) is 4. The van der Waals surface area contributed by atoms with Crippen molar-refractivity contribution in [2.75, 3.05) is 19.8 Å². The molecule has 106 valence electrons. The molecule has 0 aliphatic carbocycles. The standard InChI is InChI=1S/C16H18O3S/c1-16(11-17,15-3-2-8-20-15)10-12-4-5-13-14(9-12)19-7-6-18-13/h2-5,8-9,17H,6-7,10-11H2,1H3. The summed E-state index contributed by atoms with van der Waals surface area (Å²) in [5.74, 6) is 1.61. The lowest BCUT2D eigenvalue weighted by atomic mass is 9.83. The van der Waals surface area contributed by atoms with Gasteiger partial charge in [-0.3, -0.25) is 0 Å². The molecular weight excluding hydrogens is 272 g/mol. The second-order valence-electron chi connectivity index (χ2n) is 5.35. The van der Waals surface area contributed by atoms with E-state index >= 15 is 0 Å². The molecule has 4 heteroatoms. The molecule has 20 heavy (non-hydrogen) atoms. The van der Waals surface area contributed by atoms with E-state index in [2.05, 4.69) is 19.1 Å². The molecular formula is C16H18O3S. The Labute approximate surface area is 122 Å². The van der Waals surface area contributed by atoms with Crippen LogP contribution in [0.1, 0.15) is 17.4 Å². The first kappa shape index (κ1) is 13.5. The molecule has 1 unspecified atom stereocenters. The zero-order chi connectivity index (χ0) is 14.0. The molecule has 0 saturated carbocycles. The Hall–Kier alpha value is -1.52. The van der Waals surface area contributed by atoms with Crippen molar-refractivity contribution in [1.29, 1.82) is 0 Å². The molecule has 0 saturated heterocycles. The van der Waals surface area contributed by atoms with Crippen molar-refractivity contribution in [3.63, 3.8) is 0 Å². The van der Waals surface area contributed by atoms with E-state index in [-0.39, 0.29) is 12.0 Å². The first-order valence-corrected chi connectivity index (χ1v) is 7.63. The highest BCUT2D eigenvalue weighted by Crippen LogP contribution is 2.35. The molecule has 1 aliphatic rings. The predicted octanol–water partition coefficient (Wildman–Crippen LogP) is 3.01. The lowest BCUT2D eigenvalue weighted by molar-refractivity contribution is 0.171. The van der Waals surface area contributed by atoms with Crippen LogP contribution in [0, 0.1) is 0 Å². The lowest BCUT2D eigenvalue weighted by Crippen LogP contribution is -2.28. The number of ether oxygens (including phenoxy) is 2. The maximum Gasteiger partial charge on any atom is 0.161 e. The van der Waals surface area contributed by atoms with E-state index in [0.717, 1.165) is 23.5 Å². The number of rotatable bonds is 4. The summed E-state index contributed by atoms with van der Waals surface area (Å²) in [5, 5.41) is 11.9. The minimum absolute atomic E-state index is 0.127. The zero-order valence-corrected chi connectivity index (χ0v) is 12.3. The third kappa shape index (κ3) is 2.53. The van der Waals surface area contributed by atoms with Gasteiger partial charge < -0.3 is 14.6 Å². The van der Waals surface area contributed by atoms with Crippen molar-refractivity contribution in [1.82, 2.24) is 0 Å². The number of benzene rings is 1. The van der Waals surface area contributed by atoms with Crippen molar-refractivity contribution >= 4 is 11.3 Å². The van der Waals surface area contributed by atoms with Crippen molar-refractivity contribution < 1.29 is 14.6 Å². The largest absolute Gasteiger partial charge is 0.486 e. The van der Waals surface area contributed by atoms with Gasteiger partial charge >= 0.3 is 0 Å². The zero-order valence-electron chi connectivity index (χ0n) is 11.5. The molecule has 2 aromatic rings. The third-order valence-corrected chi connectivity index (χ3v) is 4.84. The highest BCUT2D eigenvalue weighted by molar-refractivity contribution is 7.10. The van der Waals surface area contributed by atoms with Crippen LogP contribution in [-0.4, -0.2) is 24.9 Å². The average molecular weight is 290 g/mol. The number of thiophene rings is 1. The van der Waals surface area contributed by atoms with Gasteiger partial charge in [-0.2, -0.15) is 0 Å². The minimum Gasteiger partial charge on any atom is -0.486 e. The maximum atomic E-state index is 9.81. The number of aliphatic hydroxyl groups excluding tert-OH is 1. The van der Waals surface area contributed by atoms with Gasteiger partial charge in [-0.25, -0.2) is 0 Å². The first-order valence-electron chi connectivity index (χ1n) is 6.75. The Morgan fingerprint density at radius 3 is 2.70 bits per heavy atom. The van der Waals surface area contributed by atoms with E-state index in [1.165, 1.54) is 4.88 Å². The summed E-state index contributed by atoms with van der Waals surface area (Å²) in [7, 11) is 0. The summed E-state index contributed by atoms with van der Waals surface area (Å²) in [6, 6.07) is 10.1. The molecule has 1 aromatic heterocycles. The van der Waals surface area contributed by atoms with Crippen molar-refractivity contribution in [2.45, 2.75) is 18.8 Å². The Morgan fingerprint density at radius 2 is 2.00 bits per heavy atom. The van der Waals surface area contributed by atoms with Crippen LogP contribution in [0.25, 0.3) is 0 Å². The van der Waals surface area contributed by atoms with E-state index in [4.69, 9.17) is 9.47 Å². The monoisotopic (exact) mass is 290 g/mol. The molecule has 0 spiro atoms. The molecule has 3 nitrogen and oxygen atoms in total. The topological polar surface area (TPSA) is 38.7 Å². The summed E-state index contributed by atoms with van der Waals surface area (Å²) in [6.07, 6.45) is 0.778. The molecule has 1 aromatic carbocycles. The number of fused-ring (bicyclic) bond motifs is 1. The molecule has 1 N–H and O–H groups in total. The van der Waals surface area contributed by atoms with Crippen LogP contribution in [0.15, 0.2) is 35.7 Å². The number of hydrogen-bond donors (Lipinski definition) is 1. The summed E-state index contributed by atoms with van der Waals surface area (Å²) in [5.41, 5.74) is 0.900. The molecule has 3 rings (SSSR count). The van der Waals surface area contributed by atoms with Crippen LogP contribution >= 0.6 is 11.3 Å². The minimum atomic E-state index is -0.252. The quantitative estimate of drug-likeness (QED) is 0.940. The van der Waals surface area contributed by atoms with Crippen molar-refractivity contribution in [2.24, 2.45) is 0 Å². The average Bonchev–Trinajstić information content (AvgIpc) is 3.02. The number of aliphatic hydroxyl groups is 1. The van der Waals surface area contributed by atoms with E-state index < -0.39 is 0 Å². The van der Waals surface area contributed by atoms with E-state index in [1.807, 2.05) is 23.6 Å². The normalized spacial score (nSPS) is 16.7. The second-order valence-corrected chi connectivity index (χ2v) is 6.30. The van der Waals surface area contributed by atoms with E-state index in [1.54, 1.807) is 11.3 Å². The maximum absolute atomic E-state index is 9.81. The van der Waals surface area contributed by atoms with Crippen LogP contribution < -0.4 is 9.47 Å². The Balaban J connectivity index is 1.86. The van der Waals surface area contributed by atoms with Crippen LogP contribution in [0.2, 0.25) is 0 Å². The molecule has 1 atom stereocenters. The summed E-state index contributed by atoms with van der Waals surface area (Å²) < 4.78 is 11.2. The van der Waals surface area contributed by atoms with Crippen LogP contribution in [0.5, 0.6) is 11.5 Å². The lowest BCUT2D eigenvalue weighted by Gasteiger charge is -2.27. The summed E-state index contributed by atoms with van der Waals surface area (Å²) in [6.45, 7) is 3.42. The van der Waals surface area contributed by atoms with Crippen LogP contribution in [0.3, 0.4) is 0 Å². The molecule has 0 fully saturated rings. The van der Waals surface area contributed by atoms with Gasteiger partial charge in [-0.1, -0.05) is 19.1 Å². The first-order chi connectivity index (χ1) is 9.71. The summed E-state index contributed by atoms with van der Waals surface area (Å²) >= 11 is 1.69. The van der Waals surface area contributed by atoms with Crippen molar-refractivity contribution in [3.05, 3.63) is 46.2 Å². The highest BCUT2D eigenvalue weighted by Gasteiger charge is 2.28. The predicted molar refractivity (Wildman–Crippen MR) is 79.9 cm³/mol. The fraction of sp³-hybridized carbons (Fsp3) is 0.375.